The van der Waals surface area contributed by atoms with E-state index in [2.05, 4.69) is 80.8 Å². The van der Waals surface area contributed by atoms with Gasteiger partial charge in [-0.15, -0.1) is 6.58 Å². The molecule has 8 N–H and O–H groups in total. The molecule has 5 aromatic heterocycles. The fraction of sp³-hybridized carbons (Fsp3) is 0.211. The summed E-state index contributed by atoms with van der Waals surface area (Å²) in [6, 6.07) is 43.0. The third-order valence-electron chi connectivity index (χ3n) is 19.6. The lowest BCUT2D eigenvalue weighted by Gasteiger charge is -2.10. The van der Waals surface area contributed by atoms with E-state index in [4.69, 9.17) is 57.0 Å². The zero-order chi connectivity index (χ0) is 82.6. The first kappa shape index (κ1) is 81.0. The highest BCUT2D eigenvalue weighted by Gasteiger charge is 2.27. The molecule has 0 atom stereocenters. The molecule has 16 rings (SSSR count). The van der Waals surface area contributed by atoms with Crippen LogP contribution in [0.4, 0.5) is 0 Å². The van der Waals surface area contributed by atoms with E-state index < -0.39 is 0 Å². The van der Waals surface area contributed by atoms with Gasteiger partial charge in [-0.25, -0.2) is 0 Å². The quantitative estimate of drug-likeness (QED) is 0.0175. The van der Waals surface area contributed by atoms with Crippen molar-refractivity contribution >= 4 is 116 Å². The molecule has 0 radical (unpaired) electrons. The Kier molecular flexibility index (Phi) is 26.2. The Labute approximate surface area is 678 Å². The second-order valence-electron chi connectivity index (χ2n) is 27.0. The van der Waals surface area contributed by atoms with Crippen LogP contribution in [0, 0.1) is 17.2 Å². The van der Waals surface area contributed by atoms with Crippen LogP contribution in [0.3, 0.4) is 0 Å². The van der Waals surface area contributed by atoms with Crippen LogP contribution in [0.2, 0.25) is 0 Å². The number of H-pyrrole nitrogens is 4. The molecule has 8 aromatic carbocycles. The lowest BCUT2D eigenvalue weighted by molar-refractivity contribution is 0.0938. The number of rotatable bonds is 27. The summed E-state index contributed by atoms with van der Waals surface area (Å²) in [5.74, 6) is 6.70. The first-order chi connectivity index (χ1) is 57.7. The number of amides is 4. The van der Waals surface area contributed by atoms with E-state index in [0.717, 1.165) is 111 Å². The second kappa shape index (κ2) is 38.2. The molecule has 2 aliphatic heterocycles. The van der Waals surface area contributed by atoms with Crippen LogP contribution in [0.15, 0.2) is 157 Å². The van der Waals surface area contributed by atoms with Gasteiger partial charge in [0.15, 0.2) is 23.0 Å². The summed E-state index contributed by atoms with van der Waals surface area (Å²) in [7, 11) is 12.5. The third-order valence-corrected chi connectivity index (χ3v) is 19.6. The summed E-state index contributed by atoms with van der Waals surface area (Å²) in [5, 5.41) is 52.2. The average Bonchev–Trinajstić information content (AvgIpc) is 1.63. The van der Waals surface area contributed by atoms with Gasteiger partial charge >= 0.3 is 0 Å². The van der Waals surface area contributed by atoms with Gasteiger partial charge in [-0.1, -0.05) is 54.6 Å². The minimum atomic E-state index is -0.388. The summed E-state index contributed by atoms with van der Waals surface area (Å²) in [6.45, 7) is 6.40. The molecule has 1 saturated carbocycles. The predicted molar refractivity (Wildman–Crippen MR) is 452 cm³/mol. The van der Waals surface area contributed by atoms with Crippen LogP contribution in [0.1, 0.15) is 116 Å². The third kappa shape index (κ3) is 18.6. The zero-order valence-corrected chi connectivity index (χ0v) is 66.2. The number of methoxy groups -OCH3 is 8. The minimum Gasteiger partial charge on any atom is -0.495 e. The Morgan fingerprint density at radius 1 is 0.449 bits per heavy atom. The Hall–Kier alpha value is -15.0. The largest absolute Gasteiger partial charge is 0.495 e. The molecular formula is C90H87N13O15. The van der Waals surface area contributed by atoms with Gasteiger partial charge in [-0.2, -0.15) is 25.7 Å². The van der Waals surface area contributed by atoms with Crippen molar-refractivity contribution in [1.82, 2.24) is 62.1 Å². The van der Waals surface area contributed by atoms with Crippen LogP contribution in [-0.4, -0.2) is 154 Å². The number of fused-ring (bicyclic) bond motifs is 6. The standard InChI is InChI=1S/C24H21N3O4.C23H23N3O3.C22H23N3O4.C21H20N4O4/c1-29-23-18(24(28)25-14-17-3-2-11-30-17)6-8-20-22(23)19(26-27-20)7-4-15-5-9-21-16(13-15)10-12-31-21;1-28-22-17(23(27)24-13-15-2-3-15)6-8-19-21(22)18(25-26-19)7-4-14-5-9-20-16(12-14)10-11-29-20;1-5-12-23-22(26)15-8-10-17-20(21(15)29-4)16(24-25-17)9-6-14-7-11-18(27-2)19(13-14)28-3;1-27-17-9-5-13(12-18(17)28-2)4-7-15-19-16(25-24-15)8-6-14(20(19)29-3)21(26)23-11-10-22/h2-9,11,13H,10,12,14H2,1H3,(H,25,28)(H,26,27);4-9,12,15H,2-3,10-11,13H2,1H3,(H,24,27)(H,25,26);5-11,13H,1,12H2,2-4H3,(H,23,26)(H,24,25);4-9,12H,11H2,1-3H3,(H,23,26)(H,24,25)/b2*7-4+;9-6+;7-4+. The van der Waals surface area contributed by atoms with Gasteiger partial charge < -0.3 is 73.1 Å². The summed E-state index contributed by atoms with van der Waals surface area (Å²) in [6.07, 6.45) is 22.9. The number of ether oxygens (including phenoxy) is 10. The highest BCUT2D eigenvalue weighted by molar-refractivity contribution is 6.09. The maximum atomic E-state index is 12.8. The summed E-state index contributed by atoms with van der Waals surface area (Å²) in [5.41, 5.74) is 14.0. The van der Waals surface area contributed by atoms with Crippen molar-refractivity contribution in [3.63, 3.8) is 0 Å². The molecule has 0 unspecified atom stereocenters. The Balaban J connectivity index is 0.000000136. The van der Waals surface area contributed by atoms with Crippen molar-refractivity contribution in [2.24, 2.45) is 5.92 Å². The normalized spacial score (nSPS) is 12.5. The van der Waals surface area contributed by atoms with E-state index in [1.165, 1.54) is 38.2 Å². The molecule has 0 spiro atoms. The van der Waals surface area contributed by atoms with Crippen molar-refractivity contribution in [2.45, 2.75) is 32.2 Å². The highest BCUT2D eigenvalue weighted by Crippen LogP contribution is 2.39. The smallest absolute Gasteiger partial charge is 0.255 e. The number of nitrogens with one attached hydrogen (secondary N) is 8. The maximum absolute atomic E-state index is 12.8. The number of aromatic nitrogens is 8. The monoisotopic (exact) mass is 1590 g/mol. The number of nitrogens with zero attached hydrogens (tertiary/aromatic N) is 5. The number of aromatic amines is 4. The van der Waals surface area contributed by atoms with E-state index >= 15 is 0 Å². The molecule has 602 valence electrons. The van der Waals surface area contributed by atoms with Crippen molar-refractivity contribution in [3.8, 4) is 63.6 Å². The van der Waals surface area contributed by atoms with E-state index in [1.807, 2.05) is 127 Å². The maximum Gasteiger partial charge on any atom is 0.255 e. The molecule has 0 saturated heterocycles. The topological polar surface area (TPSA) is 360 Å². The number of hydrogen-bond donors (Lipinski definition) is 8. The summed E-state index contributed by atoms with van der Waals surface area (Å²) in [4.78, 5) is 50.3. The average molecular weight is 1590 g/mol. The van der Waals surface area contributed by atoms with Crippen molar-refractivity contribution < 1.29 is 71.0 Å². The molecule has 1 aliphatic carbocycles. The van der Waals surface area contributed by atoms with Crippen molar-refractivity contribution in [1.29, 1.82) is 5.26 Å². The van der Waals surface area contributed by atoms with E-state index in [9.17, 15) is 19.2 Å². The number of hydrogen-bond acceptors (Lipinski definition) is 20. The SMILES string of the molecule is C=CCNC(=O)c1ccc2n[nH]c(/C=C/c3ccc(OC)c(OC)c3)c2c1OC.COc1c(C(=O)NCC2CC2)ccc2n[nH]c(/C=C/c3ccc4c(c3)CCO4)c12.COc1c(C(=O)NCc2ccco2)ccc2n[nH]c(/C=C/c3ccc4c(c3)CCO4)c12.COc1ccc(/C=C/c2[nH]nc3ccc(C(=O)NCC#N)c(OC)c23)cc1OC. The lowest BCUT2D eigenvalue weighted by atomic mass is 10.1. The van der Waals surface area contributed by atoms with Gasteiger partial charge in [-0.05, 0) is 186 Å². The fourth-order valence-corrected chi connectivity index (χ4v) is 13.5. The van der Waals surface area contributed by atoms with Crippen LogP contribution in [-0.2, 0) is 19.4 Å². The molecule has 28 nitrogen and oxygen atoms in total. The summed E-state index contributed by atoms with van der Waals surface area (Å²) >= 11 is 0. The van der Waals surface area contributed by atoms with Crippen LogP contribution in [0.25, 0.3) is 92.2 Å². The molecule has 0 bridgehead atoms. The molecular weight excluding hydrogens is 1500 g/mol. The molecule has 3 aliphatic rings. The highest BCUT2D eigenvalue weighted by atomic mass is 16.5. The van der Waals surface area contributed by atoms with Crippen molar-refractivity contribution in [2.75, 3.05) is 89.7 Å². The Morgan fingerprint density at radius 3 is 1.18 bits per heavy atom. The molecule has 7 heterocycles. The zero-order valence-electron chi connectivity index (χ0n) is 66.2. The van der Waals surface area contributed by atoms with Crippen LogP contribution >= 0.6 is 0 Å². The van der Waals surface area contributed by atoms with Crippen LogP contribution in [0.5, 0.6) is 57.5 Å². The molecule has 28 heteroatoms. The first-order valence-electron chi connectivity index (χ1n) is 37.7. The number of carbonyl (C=O) groups is 4. The number of carbonyl (C=O) groups excluding carboxylic acids is 4. The van der Waals surface area contributed by atoms with E-state index in [1.54, 1.807) is 104 Å². The first-order valence-corrected chi connectivity index (χ1v) is 37.7. The fourth-order valence-electron chi connectivity index (χ4n) is 13.5. The minimum absolute atomic E-state index is 0.0858. The van der Waals surface area contributed by atoms with Gasteiger partial charge in [0.05, 0.1) is 178 Å². The molecule has 13 aromatic rings. The van der Waals surface area contributed by atoms with Gasteiger partial charge in [-0.3, -0.25) is 39.6 Å². The molecule has 118 heavy (non-hydrogen) atoms. The Bertz CT molecular complexity index is 6020. The summed E-state index contributed by atoms with van der Waals surface area (Å²) < 4.78 is 60.0. The van der Waals surface area contributed by atoms with Gasteiger partial charge in [0.1, 0.15) is 46.8 Å². The van der Waals surface area contributed by atoms with Crippen LogP contribution < -0.4 is 68.6 Å². The Morgan fingerprint density at radius 2 is 0.822 bits per heavy atom. The lowest BCUT2D eigenvalue weighted by Crippen LogP contribution is -2.26. The van der Waals surface area contributed by atoms with Gasteiger partial charge in [0, 0.05) is 25.9 Å². The predicted octanol–water partition coefficient (Wildman–Crippen LogP) is 14.7. The van der Waals surface area contributed by atoms with E-state index in [0.29, 0.717) is 115 Å². The molecule has 4 amide bonds. The number of nitriles is 1. The number of furan rings is 1. The number of benzene rings is 8. The van der Waals surface area contributed by atoms with Gasteiger partial charge in [0.2, 0.25) is 0 Å². The second-order valence-corrected chi connectivity index (χ2v) is 27.0. The van der Waals surface area contributed by atoms with E-state index in [-0.39, 0.29) is 30.2 Å². The van der Waals surface area contributed by atoms with Crippen molar-refractivity contribution in [3.05, 3.63) is 237 Å². The van der Waals surface area contributed by atoms with Gasteiger partial charge in [0.25, 0.3) is 23.6 Å². The molecule has 1 fully saturated rings.